The van der Waals surface area contributed by atoms with E-state index in [1.165, 1.54) is 51.4 Å². The van der Waals surface area contributed by atoms with E-state index >= 15 is 0 Å². The van der Waals surface area contributed by atoms with Gasteiger partial charge in [0.25, 0.3) is 0 Å². The summed E-state index contributed by atoms with van der Waals surface area (Å²) in [5.41, 5.74) is 0. The lowest BCUT2D eigenvalue weighted by Crippen LogP contribution is -2.29. The van der Waals surface area contributed by atoms with Crippen LogP contribution in [0.1, 0.15) is 96.8 Å². The number of hydrogen-bond donors (Lipinski definition) is 1. The van der Waals surface area contributed by atoms with E-state index in [9.17, 15) is 0 Å². The van der Waals surface area contributed by atoms with Gasteiger partial charge in [0, 0.05) is 5.25 Å². The summed E-state index contributed by atoms with van der Waals surface area (Å²) in [5, 5.41) is 0.709. The first-order valence-corrected chi connectivity index (χ1v) is 11.6. The van der Waals surface area contributed by atoms with Gasteiger partial charge in [-0.3, -0.25) is 0 Å². The molecule has 3 aliphatic rings. The van der Waals surface area contributed by atoms with Gasteiger partial charge in [-0.15, -0.1) is 0 Å². The summed E-state index contributed by atoms with van der Waals surface area (Å²) in [4.78, 5) is 0. The average Bonchev–Trinajstić information content (AvgIpc) is 2.63. The van der Waals surface area contributed by atoms with E-state index in [0.717, 1.165) is 29.6 Å². The van der Waals surface area contributed by atoms with E-state index in [1.54, 1.807) is 38.5 Å². The minimum absolute atomic E-state index is 0.709. The molecule has 0 N–H and O–H groups in total. The van der Waals surface area contributed by atoms with Crippen LogP contribution >= 0.6 is 12.6 Å². The number of rotatable bonds is 5. The average molecular weight is 349 g/mol. The fourth-order valence-electron chi connectivity index (χ4n) is 6.11. The molecule has 3 saturated carbocycles. The molecular formula is C23H40S. The molecule has 0 aromatic rings. The second-order valence-electron chi connectivity index (χ2n) is 9.17. The van der Waals surface area contributed by atoms with Gasteiger partial charge in [-0.25, -0.2) is 0 Å². The summed E-state index contributed by atoms with van der Waals surface area (Å²) in [6, 6.07) is 0. The summed E-state index contributed by atoms with van der Waals surface area (Å²) in [7, 11) is 0. The van der Waals surface area contributed by atoms with Crippen LogP contribution in [0.4, 0.5) is 0 Å². The quantitative estimate of drug-likeness (QED) is 0.387. The van der Waals surface area contributed by atoms with E-state index in [-0.39, 0.29) is 0 Å². The Morgan fingerprint density at radius 1 is 0.667 bits per heavy atom. The number of hydrogen-bond acceptors (Lipinski definition) is 1. The Morgan fingerprint density at radius 2 is 1.08 bits per heavy atom. The van der Waals surface area contributed by atoms with Crippen molar-refractivity contribution in [1.29, 1.82) is 0 Å². The highest BCUT2D eigenvalue weighted by Gasteiger charge is 2.34. The Bertz CT molecular complexity index is 363. The van der Waals surface area contributed by atoms with Crippen LogP contribution in [0.15, 0.2) is 12.2 Å². The Kier molecular flexibility index (Phi) is 7.62. The highest BCUT2D eigenvalue weighted by Crippen LogP contribution is 2.46. The molecule has 0 radical (unpaired) electrons. The van der Waals surface area contributed by atoms with Crippen molar-refractivity contribution in [2.75, 3.05) is 0 Å². The summed E-state index contributed by atoms with van der Waals surface area (Å²) >= 11 is 4.68. The molecule has 0 heterocycles. The van der Waals surface area contributed by atoms with Crippen LogP contribution in [0.5, 0.6) is 0 Å². The standard InChI is InChI=1S/C23H40S/c1-2-3-4-5-18-6-8-19(9-7-18)20-10-12-21(13-11-20)22-14-16-23(24)17-15-22/h2-3,18-24H,4-17H2,1H3/b3-2+. The molecule has 0 spiro atoms. The van der Waals surface area contributed by atoms with E-state index in [0.29, 0.717) is 5.25 Å². The molecule has 3 rings (SSSR count). The fourth-order valence-corrected chi connectivity index (χ4v) is 6.41. The van der Waals surface area contributed by atoms with E-state index < -0.39 is 0 Å². The third-order valence-electron chi connectivity index (χ3n) is 7.76. The zero-order chi connectivity index (χ0) is 16.8. The Labute approximate surface area is 156 Å². The van der Waals surface area contributed by atoms with Gasteiger partial charge in [0.05, 0.1) is 0 Å². The molecule has 0 unspecified atom stereocenters. The Hall–Kier alpha value is 0.0900. The van der Waals surface area contributed by atoms with Crippen molar-refractivity contribution in [1.82, 2.24) is 0 Å². The van der Waals surface area contributed by atoms with Crippen LogP contribution in [0, 0.1) is 29.6 Å². The second kappa shape index (κ2) is 9.70. The molecule has 0 aromatic carbocycles. The molecule has 1 heteroatoms. The van der Waals surface area contributed by atoms with Crippen molar-refractivity contribution in [2.24, 2.45) is 29.6 Å². The van der Waals surface area contributed by atoms with Crippen molar-refractivity contribution in [2.45, 2.75) is 102 Å². The van der Waals surface area contributed by atoms with Crippen LogP contribution in [-0.2, 0) is 0 Å². The third-order valence-corrected chi connectivity index (χ3v) is 8.28. The zero-order valence-electron chi connectivity index (χ0n) is 16.0. The van der Waals surface area contributed by atoms with E-state index in [4.69, 9.17) is 0 Å². The van der Waals surface area contributed by atoms with Crippen molar-refractivity contribution in [3.63, 3.8) is 0 Å². The molecule has 3 fully saturated rings. The molecule has 0 saturated heterocycles. The number of allylic oxidation sites excluding steroid dienone is 2. The first-order chi connectivity index (χ1) is 11.8. The molecule has 0 aliphatic heterocycles. The predicted octanol–water partition coefficient (Wildman–Crippen LogP) is 7.44. The van der Waals surface area contributed by atoms with Crippen LogP contribution < -0.4 is 0 Å². The van der Waals surface area contributed by atoms with E-state index in [2.05, 4.69) is 31.7 Å². The Balaban J connectivity index is 1.35. The van der Waals surface area contributed by atoms with Gasteiger partial charge in [0.2, 0.25) is 0 Å². The van der Waals surface area contributed by atoms with Gasteiger partial charge < -0.3 is 0 Å². The second-order valence-corrected chi connectivity index (χ2v) is 9.90. The maximum Gasteiger partial charge on any atom is 0.00170 e. The highest BCUT2D eigenvalue weighted by atomic mass is 32.1. The highest BCUT2D eigenvalue weighted by molar-refractivity contribution is 7.80. The SMILES string of the molecule is C/C=C/CCC1CCC(C2CCC(C3CCC(S)CC3)CC2)CC1. The predicted molar refractivity (Wildman–Crippen MR) is 110 cm³/mol. The molecule has 3 aliphatic carbocycles. The first kappa shape index (κ1) is 18.9. The van der Waals surface area contributed by atoms with Crippen molar-refractivity contribution in [3.05, 3.63) is 12.2 Å². The van der Waals surface area contributed by atoms with Gasteiger partial charge in [0.15, 0.2) is 0 Å². The first-order valence-electron chi connectivity index (χ1n) is 11.1. The topological polar surface area (TPSA) is 0 Å². The molecule has 0 aromatic heterocycles. The van der Waals surface area contributed by atoms with Gasteiger partial charge in [-0.2, -0.15) is 12.6 Å². The maximum absolute atomic E-state index is 4.68. The third kappa shape index (κ3) is 5.29. The molecule has 0 amide bonds. The van der Waals surface area contributed by atoms with Crippen molar-refractivity contribution >= 4 is 12.6 Å². The number of thiol groups is 1. The zero-order valence-corrected chi connectivity index (χ0v) is 16.9. The smallest absolute Gasteiger partial charge is 0.00170 e. The van der Waals surface area contributed by atoms with Crippen molar-refractivity contribution < 1.29 is 0 Å². The molecule has 0 atom stereocenters. The van der Waals surface area contributed by atoms with Crippen molar-refractivity contribution in [3.8, 4) is 0 Å². The lowest BCUT2D eigenvalue weighted by atomic mass is 9.65. The van der Waals surface area contributed by atoms with Gasteiger partial charge in [0.1, 0.15) is 0 Å². The summed E-state index contributed by atoms with van der Waals surface area (Å²) in [5.74, 6) is 5.32. The summed E-state index contributed by atoms with van der Waals surface area (Å²) in [6.45, 7) is 2.15. The van der Waals surface area contributed by atoms with Crippen LogP contribution in [0.2, 0.25) is 0 Å². The van der Waals surface area contributed by atoms with E-state index in [1.807, 2.05) is 0 Å². The molecule has 138 valence electrons. The normalized spacial score (nSPS) is 41.6. The molecular weight excluding hydrogens is 308 g/mol. The van der Waals surface area contributed by atoms with Crippen LogP contribution in [-0.4, -0.2) is 5.25 Å². The van der Waals surface area contributed by atoms with Gasteiger partial charge in [-0.1, -0.05) is 25.0 Å². The minimum atomic E-state index is 0.709. The molecule has 24 heavy (non-hydrogen) atoms. The Morgan fingerprint density at radius 3 is 1.54 bits per heavy atom. The molecule has 0 nitrogen and oxygen atoms in total. The maximum atomic E-state index is 4.68. The monoisotopic (exact) mass is 348 g/mol. The van der Waals surface area contributed by atoms with Gasteiger partial charge in [-0.05, 0) is 114 Å². The largest absolute Gasteiger partial charge is 0.176 e. The fraction of sp³-hybridized carbons (Fsp3) is 0.913. The lowest BCUT2D eigenvalue weighted by molar-refractivity contribution is 0.112. The molecule has 0 bridgehead atoms. The van der Waals surface area contributed by atoms with Gasteiger partial charge >= 0.3 is 0 Å². The van der Waals surface area contributed by atoms with Crippen LogP contribution in [0.3, 0.4) is 0 Å². The summed E-state index contributed by atoms with van der Waals surface area (Å²) in [6.07, 6.45) is 25.4. The lowest BCUT2D eigenvalue weighted by Gasteiger charge is -2.41. The van der Waals surface area contributed by atoms with Crippen LogP contribution in [0.25, 0.3) is 0 Å². The summed E-state index contributed by atoms with van der Waals surface area (Å²) < 4.78 is 0. The minimum Gasteiger partial charge on any atom is -0.176 e.